The fourth-order valence-corrected chi connectivity index (χ4v) is 3.09. The molecule has 0 spiro atoms. The quantitative estimate of drug-likeness (QED) is 0.633. The second-order valence-electron chi connectivity index (χ2n) is 5.63. The van der Waals surface area contributed by atoms with Crippen LogP contribution in [0.15, 0.2) is 30.3 Å². The van der Waals surface area contributed by atoms with Gasteiger partial charge in [-0.15, -0.1) is 0 Å². The summed E-state index contributed by atoms with van der Waals surface area (Å²) in [5, 5.41) is 0. The molecule has 0 atom stereocenters. The molecule has 1 aromatic carbocycles. The average Bonchev–Trinajstić information content (AvgIpc) is 2.73. The molecule has 2 fully saturated rings. The number of rotatable bonds is 3. The zero-order valence-corrected chi connectivity index (χ0v) is 11.8. The van der Waals surface area contributed by atoms with Crippen molar-refractivity contribution >= 4 is 17.8 Å². The van der Waals surface area contributed by atoms with Gasteiger partial charge in [-0.2, -0.15) is 0 Å². The van der Waals surface area contributed by atoms with Crippen LogP contribution in [0.3, 0.4) is 0 Å². The summed E-state index contributed by atoms with van der Waals surface area (Å²) in [5.74, 6) is -1.36. The van der Waals surface area contributed by atoms with Crippen LogP contribution < -0.4 is 0 Å². The second kappa shape index (κ2) is 5.68. The molecule has 0 unspecified atom stereocenters. The number of carbonyl (C=O) groups excluding carboxylic acids is 3. The average molecular weight is 286 g/mol. The summed E-state index contributed by atoms with van der Waals surface area (Å²) in [4.78, 5) is 38.9. The van der Waals surface area contributed by atoms with E-state index < -0.39 is 17.8 Å². The van der Waals surface area contributed by atoms with Crippen LogP contribution in [0.4, 0.5) is 4.79 Å². The lowest BCUT2D eigenvalue weighted by atomic mass is 9.94. The van der Waals surface area contributed by atoms with Gasteiger partial charge in [-0.25, -0.2) is 4.79 Å². The first kappa shape index (κ1) is 13.8. The van der Waals surface area contributed by atoms with Crippen molar-refractivity contribution in [1.82, 2.24) is 9.80 Å². The molecule has 0 aromatic heterocycles. The summed E-state index contributed by atoms with van der Waals surface area (Å²) in [5.41, 5.74) is 0.845. The first-order valence-electron chi connectivity index (χ1n) is 7.41. The third-order valence-corrected chi connectivity index (χ3v) is 4.21. The van der Waals surface area contributed by atoms with E-state index in [2.05, 4.69) is 0 Å². The molecule has 5 heteroatoms. The van der Waals surface area contributed by atoms with Gasteiger partial charge in [0, 0.05) is 6.04 Å². The van der Waals surface area contributed by atoms with E-state index in [0.29, 0.717) is 0 Å². The van der Waals surface area contributed by atoms with Crippen molar-refractivity contribution in [2.75, 3.05) is 0 Å². The summed E-state index contributed by atoms with van der Waals surface area (Å²) < 4.78 is 0. The Morgan fingerprint density at radius 1 is 0.905 bits per heavy atom. The first-order valence-corrected chi connectivity index (χ1v) is 7.41. The third kappa shape index (κ3) is 2.55. The standard InChI is InChI=1S/C16H18N2O3/c19-14-15(20)18(13-9-5-2-6-10-13)16(21)17(14)11-12-7-3-1-4-8-12/h1,3-4,7-8,13H,2,5-6,9-11H2. The van der Waals surface area contributed by atoms with Crippen LogP contribution in [0.1, 0.15) is 37.7 Å². The van der Waals surface area contributed by atoms with Crippen molar-refractivity contribution in [3.63, 3.8) is 0 Å². The Kier molecular flexibility index (Phi) is 3.73. The van der Waals surface area contributed by atoms with E-state index in [9.17, 15) is 14.4 Å². The minimum atomic E-state index is -0.700. The Bertz CT molecular complexity index is 564. The van der Waals surface area contributed by atoms with Crippen LogP contribution in [-0.4, -0.2) is 33.7 Å². The predicted molar refractivity (Wildman–Crippen MR) is 76.1 cm³/mol. The molecule has 1 saturated heterocycles. The molecule has 2 aliphatic rings. The van der Waals surface area contributed by atoms with Crippen molar-refractivity contribution < 1.29 is 14.4 Å². The molecule has 5 nitrogen and oxygen atoms in total. The summed E-state index contributed by atoms with van der Waals surface area (Å²) in [7, 11) is 0. The molecule has 4 amide bonds. The van der Waals surface area contributed by atoms with Crippen LogP contribution in [0.5, 0.6) is 0 Å². The number of benzene rings is 1. The van der Waals surface area contributed by atoms with Gasteiger partial charge in [0.2, 0.25) is 0 Å². The number of amides is 4. The van der Waals surface area contributed by atoms with Gasteiger partial charge in [-0.05, 0) is 18.4 Å². The molecule has 1 heterocycles. The van der Waals surface area contributed by atoms with Gasteiger partial charge >= 0.3 is 17.8 Å². The highest BCUT2D eigenvalue weighted by Gasteiger charge is 2.47. The lowest BCUT2D eigenvalue weighted by molar-refractivity contribution is -0.144. The highest BCUT2D eigenvalue weighted by Crippen LogP contribution is 2.27. The van der Waals surface area contributed by atoms with E-state index in [1.807, 2.05) is 30.3 Å². The first-order chi connectivity index (χ1) is 10.2. The summed E-state index contributed by atoms with van der Waals surface area (Å²) in [6.07, 6.45) is 4.77. The SMILES string of the molecule is O=C1C(=O)N(C2CCCCC2)C(=O)N1Cc1ccccc1. The largest absolute Gasteiger partial charge is 0.334 e. The Labute approximate surface area is 123 Å². The minimum Gasteiger partial charge on any atom is -0.263 e. The van der Waals surface area contributed by atoms with E-state index in [0.717, 1.165) is 42.6 Å². The lowest BCUT2D eigenvalue weighted by Crippen LogP contribution is -2.42. The van der Waals surface area contributed by atoms with Crippen LogP contribution in [-0.2, 0) is 16.1 Å². The van der Waals surface area contributed by atoms with Crippen molar-refractivity contribution in [2.24, 2.45) is 0 Å². The van der Waals surface area contributed by atoms with Gasteiger partial charge in [-0.3, -0.25) is 19.4 Å². The summed E-state index contributed by atoms with van der Waals surface area (Å²) in [6.45, 7) is 0.160. The fourth-order valence-electron chi connectivity index (χ4n) is 3.09. The van der Waals surface area contributed by atoms with Gasteiger partial charge in [0.25, 0.3) is 0 Å². The molecule has 1 saturated carbocycles. The molecule has 0 N–H and O–H groups in total. The molecule has 1 aliphatic heterocycles. The van der Waals surface area contributed by atoms with Crippen molar-refractivity contribution in [3.8, 4) is 0 Å². The molecule has 1 aromatic rings. The lowest BCUT2D eigenvalue weighted by Gasteiger charge is -2.28. The molecule has 110 valence electrons. The number of imide groups is 2. The Balaban J connectivity index is 1.78. The normalized spacial score (nSPS) is 20.5. The molecule has 0 radical (unpaired) electrons. The second-order valence-corrected chi connectivity index (χ2v) is 5.63. The van der Waals surface area contributed by atoms with Gasteiger partial charge in [0.15, 0.2) is 0 Å². The minimum absolute atomic E-state index is 0.108. The number of nitrogens with zero attached hydrogens (tertiary/aromatic N) is 2. The van der Waals surface area contributed by atoms with Gasteiger partial charge in [-0.1, -0.05) is 49.6 Å². The number of hydrogen-bond donors (Lipinski definition) is 0. The Hall–Kier alpha value is -2.17. The van der Waals surface area contributed by atoms with Gasteiger partial charge < -0.3 is 0 Å². The fraction of sp³-hybridized carbons (Fsp3) is 0.438. The molecule has 21 heavy (non-hydrogen) atoms. The molecular weight excluding hydrogens is 268 g/mol. The maximum Gasteiger partial charge on any atom is 0.334 e. The number of carbonyl (C=O) groups is 3. The summed E-state index contributed by atoms with van der Waals surface area (Å²) >= 11 is 0. The smallest absolute Gasteiger partial charge is 0.263 e. The molecule has 0 bridgehead atoms. The van der Waals surface area contributed by atoms with E-state index in [1.165, 1.54) is 4.90 Å². The van der Waals surface area contributed by atoms with E-state index >= 15 is 0 Å². The topological polar surface area (TPSA) is 57.7 Å². The Morgan fingerprint density at radius 2 is 1.57 bits per heavy atom. The number of urea groups is 1. The number of hydrogen-bond acceptors (Lipinski definition) is 3. The maximum atomic E-state index is 12.4. The van der Waals surface area contributed by atoms with Gasteiger partial charge in [0.1, 0.15) is 0 Å². The zero-order valence-electron chi connectivity index (χ0n) is 11.8. The van der Waals surface area contributed by atoms with Gasteiger partial charge in [0.05, 0.1) is 6.54 Å². The van der Waals surface area contributed by atoms with E-state index in [4.69, 9.17) is 0 Å². The van der Waals surface area contributed by atoms with Crippen LogP contribution in [0, 0.1) is 0 Å². The predicted octanol–water partition coefficient (Wildman–Crippen LogP) is 2.31. The Morgan fingerprint density at radius 3 is 2.24 bits per heavy atom. The summed E-state index contributed by atoms with van der Waals surface area (Å²) in [6, 6.07) is 8.69. The van der Waals surface area contributed by atoms with Crippen LogP contribution in [0.2, 0.25) is 0 Å². The highest BCUT2D eigenvalue weighted by atomic mass is 16.2. The van der Waals surface area contributed by atoms with E-state index in [1.54, 1.807) is 0 Å². The molecule has 3 rings (SSSR count). The molecule has 1 aliphatic carbocycles. The molecular formula is C16H18N2O3. The van der Waals surface area contributed by atoms with Crippen molar-refractivity contribution in [3.05, 3.63) is 35.9 Å². The third-order valence-electron chi connectivity index (χ3n) is 4.21. The highest BCUT2D eigenvalue weighted by molar-refractivity contribution is 6.44. The van der Waals surface area contributed by atoms with Crippen molar-refractivity contribution in [1.29, 1.82) is 0 Å². The zero-order chi connectivity index (χ0) is 14.8. The van der Waals surface area contributed by atoms with E-state index in [-0.39, 0.29) is 12.6 Å². The van der Waals surface area contributed by atoms with Crippen LogP contribution >= 0.6 is 0 Å². The van der Waals surface area contributed by atoms with Crippen LogP contribution in [0.25, 0.3) is 0 Å². The van der Waals surface area contributed by atoms with Crippen molar-refractivity contribution in [2.45, 2.75) is 44.7 Å². The monoisotopic (exact) mass is 286 g/mol. The maximum absolute atomic E-state index is 12.4.